The number of anilines is 1. The smallest absolute Gasteiger partial charge is 0.240 e. The number of nitrogen functional groups attached to an aromatic ring is 1. The summed E-state index contributed by atoms with van der Waals surface area (Å²) >= 11 is 1.61. The highest BCUT2D eigenvalue weighted by molar-refractivity contribution is 7.99. The minimum atomic E-state index is -3.39. The van der Waals surface area contributed by atoms with Gasteiger partial charge in [0.25, 0.3) is 0 Å². The van der Waals surface area contributed by atoms with Crippen molar-refractivity contribution >= 4 is 27.5 Å². The fourth-order valence-electron chi connectivity index (χ4n) is 1.46. The van der Waals surface area contributed by atoms with Crippen molar-refractivity contribution < 1.29 is 8.42 Å². The molecule has 0 aliphatic carbocycles. The Labute approximate surface area is 113 Å². The van der Waals surface area contributed by atoms with Gasteiger partial charge in [0, 0.05) is 10.6 Å². The second-order valence-electron chi connectivity index (χ2n) is 3.96. The summed E-state index contributed by atoms with van der Waals surface area (Å²) in [4.78, 5) is 1.10. The van der Waals surface area contributed by atoms with Crippen LogP contribution in [0.3, 0.4) is 0 Å². The molecule has 0 aromatic heterocycles. The normalized spacial score (nSPS) is 11.7. The summed E-state index contributed by atoms with van der Waals surface area (Å²) in [5, 5.41) is 0. The molecule has 0 saturated heterocycles. The molecule has 0 amide bonds. The number of benzene rings is 1. The molecule has 1 rings (SSSR count). The number of nitrogens with two attached hydrogens (primary N) is 1. The number of nitrogens with one attached hydrogen (secondary N) is 1. The van der Waals surface area contributed by atoms with Crippen molar-refractivity contribution in [2.45, 2.75) is 36.0 Å². The van der Waals surface area contributed by atoms with Gasteiger partial charge in [-0.2, -0.15) is 0 Å². The molecule has 102 valence electrons. The summed E-state index contributed by atoms with van der Waals surface area (Å²) in [6.45, 7) is 2.15. The quantitative estimate of drug-likeness (QED) is 0.459. The molecule has 0 unspecified atom stereocenters. The Kier molecular flexibility index (Phi) is 5.98. The Bertz CT molecular complexity index is 487. The van der Waals surface area contributed by atoms with Crippen LogP contribution < -0.4 is 10.5 Å². The lowest BCUT2D eigenvalue weighted by molar-refractivity contribution is 0.588. The number of hydrogen-bond acceptors (Lipinski definition) is 4. The Morgan fingerprint density at radius 1 is 1.33 bits per heavy atom. The first kappa shape index (κ1) is 15.3. The summed E-state index contributed by atoms with van der Waals surface area (Å²) in [5.41, 5.74) is 6.48. The standard InChI is InChI=1S/C12H20N2O2S2/c1-3-4-5-8-17-12-9-10(6-7-11(12)13)18(15,16)14-2/h6-7,9,14H,3-5,8,13H2,1-2H3. The van der Waals surface area contributed by atoms with E-state index in [9.17, 15) is 8.42 Å². The van der Waals surface area contributed by atoms with Crippen LogP contribution in [0.1, 0.15) is 26.2 Å². The second kappa shape index (κ2) is 7.01. The largest absolute Gasteiger partial charge is 0.398 e. The van der Waals surface area contributed by atoms with Gasteiger partial charge in [0.1, 0.15) is 0 Å². The highest BCUT2D eigenvalue weighted by Crippen LogP contribution is 2.28. The zero-order chi connectivity index (χ0) is 13.6. The Balaban J connectivity index is 2.82. The van der Waals surface area contributed by atoms with Crippen LogP contribution in [-0.4, -0.2) is 21.2 Å². The average molecular weight is 288 g/mol. The van der Waals surface area contributed by atoms with E-state index in [2.05, 4.69) is 11.6 Å². The van der Waals surface area contributed by atoms with Crippen LogP contribution in [-0.2, 0) is 10.0 Å². The second-order valence-corrected chi connectivity index (χ2v) is 6.99. The van der Waals surface area contributed by atoms with Crippen molar-refractivity contribution in [1.82, 2.24) is 4.72 Å². The number of sulfonamides is 1. The Morgan fingerprint density at radius 2 is 2.06 bits per heavy atom. The van der Waals surface area contributed by atoms with Crippen molar-refractivity contribution in [1.29, 1.82) is 0 Å². The molecule has 0 aliphatic heterocycles. The molecule has 0 radical (unpaired) electrons. The molecule has 0 aliphatic rings. The van der Waals surface area contributed by atoms with Crippen LogP contribution in [0.4, 0.5) is 5.69 Å². The van der Waals surface area contributed by atoms with Gasteiger partial charge in [-0.1, -0.05) is 19.8 Å². The highest BCUT2D eigenvalue weighted by Gasteiger charge is 2.13. The molecule has 0 atom stereocenters. The molecule has 0 spiro atoms. The SMILES string of the molecule is CCCCCSc1cc(S(=O)(=O)NC)ccc1N. The van der Waals surface area contributed by atoms with Crippen molar-refractivity contribution in [3.05, 3.63) is 18.2 Å². The monoisotopic (exact) mass is 288 g/mol. The molecular weight excluding hydrogens is 268 g/mol. The highest BCUT2D eigenvalue weighted by atomic mass is 32.2. The zero-order valence-electron chi connectivity index (χ0n) is 10.8. The maximum Gasteiger partial charge on any atom is 0.240 e. The van der Waals surface area contributed by atoms with Crippen molar-refractivity contribution in [3.8, 4) is 0 Å². The lowest BCUT2D eigenvalue weighted by Gasteiger charge is -2.08. The summed E-state index contributed by atoms with van der Waals surface area (Å²) in [6.07, 6.45) is 3.47. The summed E-state index contributed by atoms with van der Waals surface area (Å²) in [6, 6.07) is 4.81. The van der Waals surface area contributed by atoms with Gasteiger partial charge in [-0.05, 0) is 37.4 Å². The van der Waals surface area contributed by atoms with E-state index in [1.54, 1.807) is 23.9 Å². The molecule has 1 aromatic carbocycles. The molecule has 0 fully saturated rings. The first-order valence-corrected chi connectivity index (χ1v) is 8.44. The third-order valence-corrected chi connectivity index (χ3v) is 5.14. The third-order valence-electron chi connectivity index (χ3n) is 2.57. The lowest BCUT2D eigenvalue weighted by atomic mass is 10.3. The average Bonchev–Trinajstić information content (AvgIpc) is 2.36. The van der Waals surface area contributed by atoms with Crippen molar-refractivity contribution in [2.75, 3.05) is 18.5 Å². The van der Waals surface area contributed by atoms with Gasteiger partial charge in [0.2, 0.25) is 10.0 Å². The first-order chi connectivity index (χ1) is 8.51. The lowest BCUT2D eigenvalue weighted by Crippen LogP contribution is -2.18. The van der Waals surface area contributed by atoms with Crippen LogP contribution in [0, 0.1) is 0 Å². The topological polar surface area (TPSA) is 72.2 Å². The van der Waals surface area contributed by atoms with Gasteiger partial charge in [-0.15, -0.1) is 11.8 Å². The van der Waals surface area contributed by atoms with E-state index in [-0.39, 0.29) is 4.90 Å². The molecule has 1 aromatic rings. The molecule has 3 N–H and O–H groups in total. The third kappa shape index (κ3) is 4.19. The number of rotatable bonds is 7. The molecular formula is C12H20N2O2S2. The van der Waals surface area contributed by atoms with Gasteiger partial charge >= 0.3 is 0 Å². The van der Waals surface area contributed by atoms with E-state index < -0.39 is 10.0 Å². The minimum Gasteiger partial charge on any atom is -0.398 e. The fourth-order valence-corrected chi connectivity index (χ4v) is 3.30. The van der Waals surface area contributed by atoms with Crippen LogP contribution in [0.2, 0.25) is 0 Å². The summed E-state index contributed by atoms with van der Waals surface area (Å²) in [7, 11) is -1.99. The van der Waals surface area contributed by atoms with Gasteiger partial charge in [0.05, 0.1) is 4.90 Å². The van der Waals surface area contributed by atoms with E-state index in [0.717, 1.165) is 17.1 Å². The fraction of sp³-hybridized carbons (Fsp3) is 0.500. The van der Waals surface area contributed by atoms with E-state index in [0.29, 0.717) is 5.69 Å². The summed E-state index contributed by atoms with van der Waals surface area (Å²) < 4.78 is 25.7. The maximum absolute atomic E-state index is 11.7. The zero-order valence-corrected chi connectivity index (χ0v) is 12.4. The Hall–Kier alpha value is -0.720. The minimum absolute atomic E-state index is 0.261. The van der Waals surface area contributed by atoms with Crippen LogP contribution in [0.25, 0.3) is 0 Å². The molecule has 6 heteroatoms. The van der Waals surface area contributed by atoms with Gasteiger partial charge in [-0.25, -0.2) is 13.1 Å². The number of unbranched alkanes of at least 4 members (excludes halogenated alkanes) is 2. The predicted octanol–water partition coefficient (Wildman–Crippen LogP) is 2.46. The van der Waals surface area contributed by atoms with E-state index in [1.807, 2.05) is 0 Å². The molecule has 4 nitrogen and oxygen atoms in total. The molecule has 0 heterocycles. The van der Waals surface area contributed by atoms with E-state index >= 15 is 0 Å². The van der Waals surface area contributed by atoms with Gasteiger partial charge in [-0.3, -0.25) is 0 Å². The first-order valence-electron chi connectivity index (χ1n) is 5.97. The van der Waals surface area contributed by atoms with E-state index in [4.69, 9.17) is 5.73 Å². The van der Waals surface area contributed by atoms with E-state index in [1.165, 1.54) is 26.0 Å². The molecule has 0 bridgehead atoms. The van der Waals surface area contributed by atoms with Gasteiger partial charge in [0.15, 0.2) is 0 Å². The van der Waals surface area contributed by atoms with Crippen LogP contribution >= 0.6 is 11.8 Å². The molecule has 0 saturated carbocycles. The predicted molar refractivity (Wildman–Crippen MR) is 77.3 cm³/mol. The van der Waals surface area contributed by atoms with Crippen LogP contribution in [0.5, 0.6) is 0 Å². The Morgan fingerprint density at radius 3 is 2.67 bits per heavy atom. The van der Waals surface area contributed by atoms with Crippen LogP contribution in [0.15, 0.2) is 28.0 Å². The van der Waals surface area contributed by atoms with Crippen molar-refractivity contribution in [2.24, 2.45) is 0 Å². The maximum atomic E-state index is 11.7. The summed E-state index contributed by atoms with van der Waals surface area (Å²) in [5.74, 6) is 0.959. The number of thioether (sulfide) groups is 1. The van der Waals surface area contributed by atoms with Gasteiger partial charge < -0.3 is 5.73 Å². The van der Waals surface area contributed by atoms with Crippen molar-refractivity contribution in [3.63, 3.8) is 0 Å². The number of hydrogen-bond donors (Lipinski definition) is 2. The molecule has 18 heavy (non-hydrogen) atoms.